The van der Waals surface area contributed by atoms with E-state index in [1.54, 1.807) is 45.4 Å². The summed E-state index contributed by atoms with van der Waals surface area (Å²) in [7, 11) is -6.59. The normalized spacial score (nSPS) is 14.3. The van der Waals surface area contributed by atoms with Crippen molar-refractivity contribution in [1.82, 2.24) is 0 Å². The summed E-state index contributed by atoms with van der Waals surface area (Å²) in [5.41, 5.74) is 0.0152. The van der Waals surface area contributed by atoms with Crippen LogP contribution in [0.1, 0.15) is 31.9 Å². The number of hydrogen-bond donors (Lipinski definition) is 0. The predicted octanol–water partition coefficient (Wildman–Crippen LogP) is 4.52. The summed E-state index contributed by atoms with van der Waals surface area (Å²) in [5.74, 6) is -3.57. The van der Waals surface area contributed by atoms with Gasteiger partial charge >= 0.3 is 22.1 Å². The highest BCUT2D eigenvalue weighted by Gasteiger charge is 2.50. The molecule has 0 N–H and O–H groups in total. The van der Waals surface area contributed by atoms with Crippen LogP contribution in [0.25, 0.3) is 0 Å². The number of benzene rings is 2. The summed E-state index contributed by atoms with van der Waals surface area (Å²) in [6.07, 6.45) is 3.27. The van der Waals surface area contributed by atoms with Gasteiger partial charge in [-0.05, 0) is 63.1 Å². The Hall–Kier alpha value is -2.43. The second-order valence-electron chi connectivity index (χ2n) is 8.78. The van der Waals surface area contributed by atoms with Crippen LogP contribution in [0.4, 0.5) is 4.39 Å². The van der Waals surface area contributed by atoms with Gasteiger partial charge in [0.2, 0.25) is 0 Å². The summed E-state index contributed by atoms with van der Waals surface area (Å²) in [5, 5.41) is 0. The Morgan fingerprint density at radius 3 is 1.86 bits per heavy atom. The Balaban J connectivity index is 2.57. The molecule has 0 fully saturated rings. The van der Waals surface area contributed by atoms with Crippen LogP contribution in [-0.2, 0) is 38.2 Å². The first-order chi connectivity index (χ1) is 16.3. The van der Waals surface area contributed by atoms with Crippen LogP contribution in [-0.4, -0.2) is 51.8 Å². The van der Waals surface area contributed by atoms with E-state index < -0.39 is 49.5 Å². The van der Waals surface area contributed by atoms with Crippen LogP contribution in [0.5, 0.6) is 0 Å². The number of carbonyl (C=O) groups is 2. The molecule has 0 spiro atoms. The van der Waals surface area contributed by atoms with Crippen molar-refractivity contribution < 1.29 is 35.5 Å². The van der Waals surface area contributed by atoms with Crippen molar-refractivity contribution in [3.8, 4) is 0 Å². The molecular weight excluding hydrogens is 495 g/mol. The molecule has 0 saturated heterocycles. The number of hydrogen-bond acceptors (Lipinski definition) is 7. The molecule has 0 amide bonds. The number of carbonyl (C=O) groups excluding carboxylic acids is 2. The smallest absolute Gasteiger partial charge is 0.321 e. The average Bonchev–Trinajstić information content (AvgIpc) is 2.73. The maximum atomic E-state index is 13.7. The van der Waals surface area contributed by atoms with E-state index in [0.717, 1.165) is 5.56 Å². The van der Waals surface area contributed by atoms with E-state index in [0.29, 0.717) is 5.56 Å². The van der Waals surface area contributed by atoms with Gasteiger partial charge in [-0.1, -0.05) is 36.8 Å². The van der Waals surface area contributed by atoms with Gasteiger partial charge in [0.05, 0.1) is 18.1 Å². The Kier molecular flexibility index (Phi) is 9.49. The van der Waals surface area contributed by atoms with Crippen LogP contribution >= 0.6 is 10.3 Å². The minimum absolute atomic E-state index is 0.000467. The lowest BCUT2D eigenvalue weighted by Crippen LogP contribution is -2.48. The maximum Gasteiger partial charge on any atom is 0.321 e. The average molecular weight is 529 g/mol. The molecule has 1 atom stereocenters. The second kappa shape index (κ2) is 11.5. The molecule has 0 saturated carbocycles. The molecule has 0 aliphatic heterocycles. The van der Waals surface area contributed by atoms with Gasteiger partial charge in [-0.2, -0.15) is 8.42 Å². The van der Waals surface area contributed by atoms with E-state index in [4.69, 9.17) is 13.1 Å². The Bertz CT molecular complexity index is 1110. The number of ether oxygens (including phenoxy) is 2. The van der Waals surface area contributed by atoms with Gasteiger partial charge in [0.1, 0.15) is 5.82 Å². The Morgan fingerprint density at radius 1 is 0.914 bits per heavy atom. The van der Waals surface area contributed by atoms with Crippen molar-refractivity contribution in [2.24, 2.45) is 5.92 Å². The van der Waals surface area contributed by atoms with Crippen molar-refractivity contribution in [3.63, 3.8) is 0 Å². The third-order valence-corrected chi connectivity index (χ3v) is 9.75. The lowest BCUT2D eigenvalue weighted by molar-refractivity contribution is -0.164. The highest BCUT2D eigenvalue weighted by Crippen LogP contribution is 2.52. The number of rotatable bonds is 11. The molecule has 2 aromatic carbocycles. The Morgan fingerprint density at radius 2 is 1.40 bits per heavy atom. The number of halogens is 1. The molecule has 2 rings (SSSR count). The molecule has 194 valence electrons. The van der Waals surface area contributed by atoms with Gasteiger partial charge in [0.15, 0.2) is 5.92 Å². The molecule has 2 aromatic rings. The van der Waals surface area contributed by atoms with Crippen molar-refractivity contribution in [2.75, 3.05) is 31.5 Å². The molecule has 0 aliphatic carbocycles. The van der Waals surface area contributed by atoms with Crippen LogP contribution in [0.15, 0.2) is 53.4 Å². The van der Waals surface area contributed by atoms with Gasteiger partial charge in [-0.25, -0.2) is 8.02 Å². The summed E-state index contributed by atoms with van der Waals surface area (Å²) in [4.78, 5) is 26.0. The molecule has 0 heterocycles. The van der Waals surface area contributed by atoms with Crippen LogP contribution in [0, 0.1) is 18.7 Å². The summed E-state index contributed by atoms with van der Waals surface area (Å²) < 4.78 is 55.9. The van der Waals surface area contributed by atoms with E-state index in [9.17, 15) is 22.4 Å². The standard InChI is InChI=1S/C25H33FO7S2/c1-7-31-23(27)22(24(28)32-8-2)25(4,19-11-13-20(26)14-12-19)17-34(5,6)33-35(29,30)21-15-9-18(3)10-16-21/h9-16,22H,7-8,17H2,1-6H3. The first-order valence-corrected chi connectivity index (χ1v) is 15.0. The van der Waals surface area contributed by atoms with E-state index in [1.165, 1.54) is 36.4 Å². The van der Waals surface area contributed by atoms with E-state index in [1.807, 2.05) is 6.92 Å². The van der Waals surface area contributed by atoms with Crippen LogP contribution < -0.4 is 0 Å². The minimum Gasteiger partial charge on any atom is -0.465 e. The largest absolute Gasteiger partial charge is 0.465 e. The second-order valence-corrected chi connectivity index (χ2v) is 13.9. The molecular formula is C25H33FO7S2. The highest BCUT2D eigenvalue weighted by atomic mass is 32.3. The molecule has 0 bridgehead atoms. The lowest BCUT2D eigenvalue weighted by Gasteiger charge is -2.42. The quantitative estimate of drug-likeness (QED) is 0.313. The SMILES string of the molecule is CCOC(=O)C(C(=O)OCC)C(C)(CS(C)(C)OS(=O)(=O)c1ccc(C)cc1)c1ccc(F)cc1. The monoisotopic (exact) mass is 528 g/mol. The first kappa shape index (κ1) is 28.8. The molecule has 35 heavy (non-hydrogen) atoms. The molecule has 0 aliphatic rings. The van der Waals surface area contributed by atoms with Crippen molar-refractivity contribution in [2.45, 2.75) is 38.0 Å². The van der Waals surface area contributed by atoms with Gasteiger partial charge in [0.25, 0.3) is 0 Å². The van der Waals surface area contributed by atoms with E-state index >= 15 is 0 Å². The van der Waals surface area contributed by atoms with Crippen molar-refractivity contribution in [1.29, 1.82) is 0 Å². The predicted molar refractivity (Wildman–Crippen MR) is 134 cm³/mol. The van der Waals surface area contributed by atoms with Crippen molar-refractivity contribution >= 4 is 32.4 Å². The first-order valence-electron chi connectivity index (χ1n) is 11.1. The lowest BCUT2D eigenvalue weighted by atomic mass is 9.73. The highest BCUT2D eigenvalue weighted by molar-refractivity contribution is 8.32. The molecule has 10 heteroatoms. The zero-order chi connectivity index (χ0) is 26.4. The number of esters is 2. The van der Waals surface area contributed by atoms with Crippen LogP contribution in [0.2, 0.25) is 0 Å². The van der Waals surface area contributed by atoms with Crippen LogP contribution in [0.3, 0.4) is 0 Å². The maximum absolute atomic E-state index is 13.7. The summed E-state index contributed by atoms with van der Waals surface area (Å²) >= 11 is 0. The third kappa shape index (κ3) is 7.28. The van der Waals surface area contributed by atoms with Gasteiger partial charge in [-0.15, -0.1) is 10.3 Å². The van der Waals surface area contributed by atoms with Gasteiger partial charge in [-0.3, -0.25) is 9.59 Å². The molecule has 7 nitrogen and oxygen atoms in total. The fraction of sp³-hybridized carbons (Fsp3) is 0.440. The summed E-state index contributed by atoms with van der Waals surface area (Å²) in [6, 6.07) is 11.6. The minimum atomic E-state index is -4.14. The van der Waals surface area contributed by atoms with Gasteiger partial charge in [0, 0.05) is 11.2 Å². The fourth-order valence-corrected chi connectivity index (χ4v) is 8.66. The summed E-state index contributed by atoms with van der Waals surface area (Å²) in [6.45, 7) is 6.76. The third-order valence-electron chi connectivity index (χ3n) is 5.42. The molecule has 0 aromatic heterocycles. The van der Waals surface area contributed by atoms with Gasteiger partial charge < -0.3 is 9.47 Å². The zero-order valence-corrected chi connectivity index (χ0v) is 22.5. The Labute approximate surface area is 208 Å². The topological polar surface area (TPSA) is 96.0 Å². The fourth-order valence-electron chi connectivity index (χ4n) is 3.96. The van der Waals surface area contributed by atoms with Crippen molar-refractivity contribution in [3.05, 3.63) is 65.5 Å². The van der Waals surface area contributed by atoms with E-state index in [-0.39, 0.29) is 23.9 Å². The molecule has 1 unspecified atom stereocenters. The van der Waals surface area contributed by atoms with E-state index in [2.05, 4.69) is 0 Å². The number of aryl methyl sites for hydroxylation is 1. The zero-order valence-electron chi connectivity index (χ0n) is 20.9. The molecule has 0 radical (unpaired) electrons.